The monoisotopic (exact) mass is 270 g/mol. The third-order valence-corrected chi connectivity index (χ3v) is 4.10. The standard InChI is InChI=1S/C13H22N4.ClH/c1-2-17-13(5-7-14-17)10-16-8-6-11-3-4-12(9-16)15-11;/h5,7,11-12,15H,2-4,6,8-10H2,1H3;1H. The van der Waals surface area contributed by atoms with Crippen molar-refractivity contribution in [3.8, 4) is 0 Å². The molecule has 1 N–H and O–H groups in total. The van der Waals surface area contributed by atoms with Gasteiger partial charge in [0.05, 0.1) is 5.69 Å². The summed E-state index contributed by atoms with van der Waals surface area (Å²) in [5, 5.41) is 8.07. The second-order valence-corrected chi connectivity index (χ2v) is 5.30. The Morgan fingerprint density at radius 2 is 2.17 bits per heavy atom. The van der Waals surface area contributed by atoms with Crippen molar-refractivity contribution in [2.45, 2.75) is 51.4 Å². The average molecular weight is 271 g/mol. The van der Waals surface area contributed by atoms with Crippen molar-refractivity contribution in [2.24, 2.45) is 0 Å². The Morgan fingerprint density at radius 1 is 1.33 bits per heavy atom. The van der Waals surface area contributed by atoms with Gasteiger partial charge in [0.15, 0.2) is 0 Å². The van der Waals surface area contributed by atoms with Crippen LogP contribution in [0.2, 0.25) is 0 Å². The lowest BCUT2D eigenvalue weighted by Gasteiger charge is -2.24. The normalized spacial score (nSPS) is 27.8. The second kappa shape index (κ2) is 6.04. The maximum Gasteiger partial charge on any atom is 0.0524 e. The lowest BCUT2D eigenvalue weighted by molar-refractivity contribution is 0.243. The summed E-state index contributed by atoms with van der Waals surface area (Å²) in [5.41, 5.74) is 1.35. The number of halogens is 1. The number of aromatic nitrogens is 2. The highest BCUT2D eigenvalue weighted by molar-refractivity contribution is 5.85. The van der Waals surface area contributed by atoms with E-state index >= 15 is 0 Å². The van der Waals surface area contributed by atoms with E-state index in [4.69, 9.17) is 0 Å². The van der Waals surface area contributed by atoms with Crippen molar-refractivity contribution in [3.63, 3.8) is 0 Å². The van der Waals surface area contributed by atoms with Crippen LogP contribution in [0.15, 0.2) is 12.3 Å². The molecular weight excluding hydrogens is 248 g/mol. The van der Waals surface area contributed by atoms with Crippen molar-refractivity contribution in [2.75, 3.05) is 13.1 Å². The highest BCUT2D eigenvalue weighted by Gasteiger charge is 2.29. The molecule has 5 heteroatoms. The minimum Gasteiger partial charge on any atom is -0.310 e. The Labute approximate surface area is 115 Å². The highest BCUT2D eigenvalue weighted by atomic mass is 35.5. The Morgan fingerprint density at radius 3 is 3.00 bits per heavy atom. The van der Waals surface area contributed by atoms with Crippen molar-refractivity contribution in [3.05, 3.63) is 18.0 Å². The van der Waals surface area contributed by atoms with E-state index in [1.807, 2.05) is 6.20 Å². The molecule has 0 saturated carbocycles. The number of likely N-dealkylation sites (tertiary alicyclic amines) is 1. The number of hydrogen-bond donors (Lipinski definition) is 1. The van der Waals surface area contributed by atoms with Crippen LogP contribution in [-0.2, 0) is 13.1 Å². The van der Waals surface area contributed by atoms with Gasteiger partial charge in [0.2, 0.25) is 0 Å². The fourth-order valence-corrected chi connectivity index (χ4v) is 3.17. The van der Waals surface area contributed by atoms with Crippen molar-refractivity contribution < 1.29 is 0 Å². The second-order valence-electron chi connectivity index (χ2n) is 5.30. The summed E-state index contributed by atoms with van der Waals surface area (Å²) >= 11 is 0. The quantitative estimate of drug-likeness (QED) is 0.907. The summed E-state index contributed by atoms with van der Waals surface area (Å²) in [5.74, 6) is 0. The van der Waals surface area contributed by atoms with Crippen LogP contribution in [0.4, 0.5) is 0 Å². The number of hydrogen-bond acceptors (Lipinski definition) is 3. The largest absolute Gasteiger partial charge is 0.310 e. The molecule has 2 unspecified atom stereocenters. The summed E-state index contributed by atoms with van der Waals surface area (Å²) in [6.07, 6.45) is 5.96. The minimum atomic E-state index is 0. The molecule has 2 atom stereocenters. The molecule has 3 rings (SSSR count). The van der Waals surface area contributed by atoms with Crippen LogP contribution in [-0.4, -0.2) is 39.9 Å². The van der Waals surface area contributed by atoms with Crippen LogP contribution in [0.3, 0.4) is 0 Å². The summed E-state index contributed by atoms with van der Waals surface area (Å²) < 4.78 is 2.11. The summed E-state index contributed by atoms with van der Waals surface area (Å²) in [7, 11) is 0. The molecule has 2 saturated heterocycles. The van der Waals surface area contributed by atoms with Gasteiger partial charge in [-0.1, -0.05) is 0 Å². The first-order valence-corrected chi connectivity index (χ1v) is 6.84. The van der Waals surface area contributed by atoms with Gasteiger partial charge < -0.3 is 5.32 Å². The van der Waals surface area contributed by atoms with Crippen LogP contribution >= 0.6 is 12.4 Å². The molecule has 102 valence electrons. The third-order valence-electron chi connectivity index (χ3n) is 4.10. The number of aryl methyl sites for hydroxylation is 1. The van der Waals surface area contributed by atoms with E-state index in [1.54, 1.807) is 0 Å². The number of rotatable bonds is 3. The van der Waals surface area contributed by atoms with E-state index in [0.29, 0.717) is 0 Å². The van der Waals surface area contributed by atoms with Gasteiger partial charge in [0.25, 0.3) is 0 Å². The first-order chi connectivity index (χ1) is 8.35. The Kier molecular flexibility index (Phi) is 4.65. The molecule has 0 spiro atoms. The lowest BCUT2D eigenvalue weighted by atomic mass is 10.1. The Bertz CT molecular complexity index is 379. The maximum atomic E-state index is 4.35. The number of fused-ring (bicyclic) bond motifs is 2. The molecule has 2 aliphatic rings. The van der Waals surface area contributed by atoms with E-state index in [2.05, 4.69) is 33.0 Å². The summed E-state index contributed by atoms with van der Waals surface area (Å²) in [6, 6.07) is 3.65. The molecule has 1 aromatic heterocycles. The zero-order valence-corrected chi connectivity index (χ0v) is 11.8. The van der Waals surface area contributed by atoms with E-state index in [1.165, 1.54) is 38.0 Å². The predicted molar refractivity (Wildman–Crippen MR) is 75.0 cm³/mol. The van der Waals surface area contributed by atoms with Gasteiger partial charge in [-0.2, -0.15) is 5.10 Å². The van der Waals surface area contributed by atoms with Crippen molar-refractivity contribution in [1.29, 1.82) is 0 Å². The molecule has 1 aromatic rings. The van der Waals surface area contributed by atoms with Gasteiger partial charge >= 0.3 is 0 Å². The molecule has 0 amide bonds. The third kappa shape index (κ3) is 2.87. The molecule has 4 nitrogen and oxygen atoms in total. The zero-order chi connectivity index (χ0) is 11.7. The first kappa shape index (κ1) is 13.8. The number of nitrogens with zero attached hydrogens (tertiary/aromatic N) is 3. The van der Waals surface area contributed by atoms with E-state index in [-0.39, 0.29) is 12.4 Å². The van der Waals surface area contributed by atoms with Gasteiger partial charge in [-0.15, -0.1) is 12.4 Å². The molecule has 2 fully saturated rings. The molecule has 2 aliphatic heterocycles. The molecule has 0 radical (unpaired) electrons. The van der Waals surface area contributed by atoms with Crippen LogP contribution in [0.5, 0.6) is 0 Å². The summed E-state index contributed by atoms with van der Waals surface area (Å²) in [6.45, 7) is 6.61. The van der Waals surface area contributed by atoms with E-state index in [9.17, 15) is 0 Å². The Hall–Kier alpha value is -0.580. The van der Waals surface area contributed by atoms with Gasteiger partial charge in [-0.05, 0) is 32.3 Å². The Balaban J connectivity index is 0.00000120. The van der Waals surface area contributed by atoms with Crippen molar-refractivity contribution >= 4 is 12.4 Å². The highest BCUT2D eigenvalue weighted by Crippen LogP contribution is 2.21. The fourth-order valence-electron chi connectivity index (χ4n) is 3.17. The van der Waals surface area contributed by atoms with Crippen LogP contribution < -0.4 is 5.32 Å². The van der Waals surface area contributed by atoms with Gasteiger partial charge in [-0.25, -0.2) is 0 Å². The molecule has 0 aliphatic carbocycles. The van der Waals surface area contributed by atoms with Gasteiger partial charge in [0.1, 0.15) is 0 Å². The van der Waals surface area contributed by atoms with Crippen LogP contribution in [0.1, 0.15) is 31.9 Å². The smallest absolute Gasteiger partial charge is 0.0524 e. The molecule has 18 heavy (non-hydrogen) atoms. The SMILES string of the molecule is CCn1nccc1CN1CCC2CCC(C1)N2.Cl. The van der Waals surface area contributed by atoms with Crippen LogP contribution in [0, 0.1) is 0 Å². The van der Waals surface area contributed by atoms with Gasteiger partial charge in [-0.3, -0.25) is 9.58 Å². The fraction of sp³-hybridized carbons (Fsp3) is 0.769. The molecule has 2 bridgehead atoms. The lowest BCUT2D eigenvalue weighted by Crippen LogP contribution is -2.35. The molecular formula is C13H23ClN4. The zero-order valence-electron chi connectivity index (χ0n) is 11.0. The van der Waals surface area contributed by atoms with E-state index < -0.39 is 0 Å². The average Bonchev–Trinajstić information content (AvgIpc) is 2.88. The molecule has 0 aromatic carbocycles. The summed E-state index contributed by atoms with van der Waals surface area (Å²) in [4.78, 5) is 2.58. The molecule has 3 heterocycles. The predicted octanol–water partition coefficient (Wildman–Crippen LogP) is 1.65. The van der Waals surface area contributed by atoms with Crippen LogP contribution in [0.25, 0.3) is 0 Å². The van der Waals surface area contributed by atoms with Gasteiger partial charge in [0, 0.05) is 44.5 Å². The van der Waals surface area contributed by atoms with E-state index in [0.717, 1.165) is 25.2 Å². The minimum absolute atomic E-state index is 0. The topological polar surface area (TPSA) is 33.1 Å². The number of nitrogens with one attached hydrogen (secondary N) is 1. The first-order valence-electron chi connectivity index (χ1n) is 6.84. The maximum absolute atomic E-state index is 4.35. The van der Waals surface area contributed by atoms with Crippen molar-refractivity contribution in [1.82, 2.24) is 20.0 Å².